The minimum atomic E-state index is -0.670. The van der Waals surface area contributed by atoms with Gasteiger partial charge in [-0.25, -0.2) is 4.98 Å². The van der Waals surface area contributed by atoms with Crippen molar-refractivity contribution in [1.82, 2.24) is 14.9 Å². The number of nitrogens with one attached hydrogen (secondary N) is 3. The highest BCUT2D eigenvalue weighted by Crippen LogP contribution is 2.44. The van der Waals surface area contributed by atoms with Crippen molar-refractivity contribution < 1.29 is 19.1 Å². The van der Waals surface area contributed by atoms with E-state index in [2.05, 4.69) is 27.9 Å². The van der Waals surface area contributed by atoms with Gasteiger partial charge in [-0.15, -0.1) is 0 Å². The Morgan fingerprint density at radius 1 is 1.23 bits per heavy atom. The number of amides is 3. The molecular weight excluding hydrogens is 446 g/mol. The van der Waals surface area contributed by atoms with Crippen molar-refractivity contribution in [1.29, 1.82) is 0 Å². The quantitative estimate of drug-likeness (QED) is 0.610. The first-order valence-corrected chi connectivity index (χ1v) is 12.5. The molecule has 1 spiro atoms. The standard InChI is InChI=1S/C26H33N5O4/c1-16-5-7-17(8-6-16)22(30-23(32)20-4-3-11-31(20)2)24(33)29-21-14-19-18(15-27-21)26(25(34)28-19)9-12-35-13-10-26/h3-4,11,14-17,22H,5-10,12-13H2,1-2H3,(H,28,34)(H,30,32)(H,27,29,33)/t16-,17-,22-/m0/s1. The third kappa shape index (κ3) is 4.45. The molecule has 0 bridgehead atoms. The molecular formula is C26H33N5O4. The number of hydrogen-bond acceptors (Lipinski definition) is 5. The lowest BCUT2D eigenvalue weighted by molar-refractivity contribution is -0.124. The molecule has 186 valence electrons. The van der Waals surface area contributed by atoms with Gasteiger partial charge in [-0.2, -0.15) is 0 Å². The largest absolute Gasteiger partial charge is 0.381 e. The molecule has 1 saturated heterocycles. The highest BCUT2D eigenvalue weighted by atomic mass is 16.5. The zero-order valence-corrected chi connectivity index (χ0v) is 20.3. The fraction of sp³-hybridized carbons (Fsp3) is 0.538. The molecule has 3 N–H and O–H groups in total. The molecule has 1 atom stereocenters. The lowest BCUT2D eigenvalue weighted by Gasteiger charge is -2.32. The minimum Gasteiger partial charge on any atom is -0.381 e. The van der Waals surface area contributed by atoms with Gasteiger partial charge in [-0.05, 0) is 49.7 Å². The highest BCUT2D eigenvalue weighted by Gasteiger charge is 2.48. The van der Waals surface area contributed by atoms with E-state index in [0.717, 1.165) is 31.2 Å². The Labute approximate surface area is 205 Å². The summed E-state index contributed by atoms with van der Waals surface area (Å²) in [5.41, 5.74) is 1.44. The second kappa shape index (κ2) is 9.45. The monoisotopic (exact) mass is 479 g/mol. The van der Waals surface area contributed by atoms with Crippen LogP contribution in [0, 0.1) is 11.8 Å². The van der Waals surface area contributed by atoms with Crippen molar-refractivity contribution >= 4 is 29.2 Å². The number of aryl methyl sites for hydroxylation is 1. The van der Waals surface area contributed by atoms with Crippen molar-refractivity contribution in [3.8, 4) is 0 Å². The van der Waals surface area contributed by atoms with Gasteiger partial charge in [0.15, 0.2) is 0 Å². The Morgan fingerprint density at radius 2 is 1.97 bits per heavy atom. The Balaban J connectivity index is 1.35. The average Bonchev–Trinajstić information content (AvgIpc) is 3.39. The van der Waals surface area contributed by atoms with Crippen molar-refractivity contribution in [2.45, 2.75) is 56.9 Å². The summed E-state index contributed by atoms with van der Waals surface area (Å²) < 4.78 is 7.20. The Morgan fingerprint density at radius 3 is 2.66 bits per heavy atom. The van der Waals surface area contributed by atoms with E-state index < -0.39 is 11.5 Å². The van der Waals surface area contributed by atoms with Crippen molar-refractivity contribution in [2.24, 2.45) is 18.9 Å². The van der Waals surface area contributed by atoms with E-state index in [1.165, 1.54) is 0 Å². The maximum Gasteiger partial charge on any atom is 0.268 e. The number of anilines is 2. The molecule has 1 saturated carbocycles. The van der Waals surface area contributed by atoms with E-state index in [1.807, 2.05) is 0 Å². The van der Waals surface area contributed by atoms with Crippen LogP contribution in [-0.4, -0.2) is 46.5 Å². The van der Waals surface area contributed by atoms with E-state index in [-0.39, 0.29) is 23.6 Å². The van der Waals surface area contributed by atoms with Crippen LogP contribution in [-0.2, 0) is 26.8 Å². The minimum absolute atomic E-state index is 0.0369. The molecule has 9 heteroatoms. The highest BCUT2D eigenvalue weighted by molar-refractivity contribution is 6.07. The van der Waals surface area contributed by atoms with Crippen LogP contribution < -0.4 is 16.0 Å². The summed E-state index contributed by atoms with van der Waals surface area (Å²) in [4.78, 5) is 43.7. The lowest BCUT2D eigenvalue weighted by Crippen LogP contribution is -2.49. The summed E-state index contributed by atoms with van der Waals surface area (Å²) >= 11 is 0. The normalized spacial score (nSPS) is 23.9. The zero-order valence-electron chi connectivity index (χ0n) is 20.3. The van der Waals surface area contributed by atoms with Gasteiger partial charge in [0.2, 0.25) is 11.8 Å². The molecule has 5 rings (SSSR count). The van der Waals surface area contributed by atoms with Crippen LogP contribution >= 0.6 is 0 Å². The molecule has 2 fully saturated rings. The van der Waals surface area contributed by atoms with E-state index >= 15 is 0 Å². The molecule has 4 heterocycles. The van der Waals surface area contributed by atoms with Crippen LogP contribution in [0.5, 0.6) is 0 Å². The fourth-order valence-electron chi connectivity index (χ4n) is 5.72. The van der Waals surface area contributed by atoms with Gasteiger partial charge in [0, 0.05) is 44.3 Å². The lowest BCUT2D eigenvalue weighted by atomic mass is 9.76. The topological polar surface area (TPSA) is 114 Å². The summed E-state index contributed by atoms with van der Waals surface area (Å²) in [5, 5.41) is 8.86. The van der Waals surface area contributed by atoms with Crippen LogP contribution in [0.4, 0.5) is 11.5 Å². The number of rotatable bonds is 5. The molecule has 2 aliphatic heterocycles. The number of carbonyl (C=O) groups is 3. The Bertz CT molecular complexity index is 1130. The van der Waals surface area contributed by atoms with Crippen molar-refractivity contribution in [3.63, 3.8) is 0 Å². The number of aromatic nitrogens is 2. The molecule has 0 unspecified atom stereocenters. The van der Waals surface area contributed by atoms with E-state index in [4.69, 9.17) is 4.74 Å². The first-order valence-electron chi connectivity index (χ1n) is 12.5. The zero-order chi connectivity index (χ0) is 24.6. The molecule has 35 heavy (non-hydrogen) atoms. The maximum atomic E-state index is 13.5. The number of ether oxygens (including phenoxy) is 1. The number of nitrogens with zero attached hydrogens (tertiary/aromatic N) is 2. The first-order chi connectivity index (χ1) is 16.9. The summed E-state index contributed by atoms with van der Waals surface area (Å²) in [6.07, 6.45) is 8.55. The third-order valence-corrected chi connectivity index (χ3v) is 7.98. The molecule has 2 aromatic rings. The van der Waals surface area contributed by atoms with Gasteiger partial charge in [-0.3, -0.25) is 14.4 Å². The van der Waals surface area contributed by atoms with Crippen LogP contribution in [0.15, 0.2) is 30.6 Å². The number of pyridine rings is 1. The van der Waals surface area contributed by atoms with Crippen LogP contribution in [0.3, 0.4) is 0 Å². The summed E-state index contributed by atoms with van der Waals surface area (Å²) in [7, 11) is 1.81. The van der Waals surface area contributed by atoms with Crippen LogP contribution in [0.2, 0.25) is 0 Å². The number of carbonyl (C=O) groups excluding carboxylic acids is 3. The summed E-state index contributed by atoms with van der Waals surface area (Å²) in [5.74, 6) is 0.440. The Kier molecular flexibility index (Phi) is 6.35. The van der Waals surface area contributed by atoms with Gasteiger partial charge in [0.1, 0.15) is 17.6 Å². The van der Waals surface area contributed by atoms with Gasteiger partial charge in [-0.1, -0.05) is 19.8 Å². The van der Waals surface area contributed by atoms with Gasteiger partial charge in [0.05, 0.1) is 11.1 Å². The van der Waals surface area contributed by atoms with Crippen molar-refractivity contribution in [2.75, 3.05) is 23.8 Å². The second-order valence-electron chi connectivity index (χ2n) is 10.2. The van der Waals surface area contributed by atoms with Gasteiger partial charge >= 0.3 is 0 Å². The summed E-state index contributed by atoms with van der Waals surface area (Å²) in [6.45, 7) is 3.30. The van der Waals surface area contributed by atoms with E-state index in [9.17, 15) is 14.4 Å². The van der Waals surface area contributed by atoms with E-state index in [1.54, 1.807) is 42.2 Å². The van der Waals surface area contributed by atoms with Gasteiger partial charge < -0.3 is 25.3 Å². The predicted octanol–water partition coefficient (Wildman–Crippen LogP) is 2.98. The van der Waals surface area contributed by atoms with Crippen LogP contribution in [0.1, 0.15) is 61.5 Å². The van der Waals surface area contributed by atoms with Gasteiger partial charge in [0.25, 0.3) is 5.91 Å². The first kappa shape index (κ1) is 23.5. The molecule has 1 aliphatic carbocycles. The predicted molar refractivity (Wildman–Crippen MR) is 131 cm³/mol. The van der Waals surface area contributed by atoms with Crippen LogP contribution in [0.25, 0.3) is 0 Å². The molecule has 2 aromatic heterocycles. The smallest absolute Gasteiger partial charge is 0.268 e. The van der Waals surface area contributed by atoms with E-state index in [0.29, 0.717) is 49.2 Å². The summed E-state index contributed by atoms with van der Waals surface area (Å²) in [6, 6.07) is 4.59. The molecule has 3 amide bonds. The SMILES string of the molecule is Cn1cccc1C(=O)N[C@H](C(=O)Nc1cc2c(cn1)C1(CCOCC1)C(=O)N2)[C@H]1CC[C@H](C)CC1. The molecule has 0 aromatic carbocycles. The molecule has 0 radical (unpaired) electrons. The number of fused-ring (bicyclic) bond motifs is 2. The molecule has 9 nitrogen and oxygen atoms in total. The van der Waals surface area contributed by atoms with Crippen molar-refractivity contribution in [3.05, 3.63) is 41.9 Å². The average molecular weight is 480 g/mol. The molecule has 3 aliphatic rings. The maximum absolute atomic E-state index is 13.5. The second-order valence-corrected chi connectivity index (χ2v) is 10.2. The fourth-order valence-corrected chi connectivity index (χ4v) is 5.72. The third-order valence-electron chi connectivity index (χ3n) is 7.98. The number of hydrogen-bond donors (Lipinski definition) is 3. The Hall–Kier alpha value is -3.20.